The van der Waals surface area contributed by atoms with Crippen LogP contribution in [0, 0.1) is 5.92 Å². The fourth-order valence-corrected chi connectivity index (χ4v) is 2.72. The van der Waals surface area contributed by atoms with Crippen molar-refractivity contribution >= 4 is 5.96 Å². The SMILES string of the molecule is CCNC(=NCc1ccccc1Cn1cccn1)NCCOCC1CC1. The summed E-state index contributed by atoms with van der Waals surface area (Å²) in [5, 5.41) is 10.9. The van der Waals surface area contributed by atoms with Gasteiger partial charge in [0.2, 0.25) is 0 Å². The number of nitrogens with one attached hydrogen (secondary N) is 2. The van der Waals surface area contributed by atoms with E-state index in [1.807, 2.05) is 16.9 Å². The molecule has 0 spiro atoms. The van der Waals surface area contributed by atoms with Crippen molar-refractivity contribution in [1.29, 1.82) is 0 Å². The maximum atomic E-state index is 5.67. The molecule has 1 aromatic carbocycles. The van der Waals surface area contributed by atoms with E-state index in [9.17, 15) is 0 Å². The van der Waals surface area contributed by atoms with E-state index in [1.54, 1.807) is 6.20 Å². The monoisotopic (exact) mass is 355 g/mol. The summed E-state index contributed by atoms with van der Waals surface area (Å²) in [4.78, 5) is 4.73. The molecule has 0 atom stereocenters. The van der Waals surface area contributed by atoms with E-state index in [1.165, 1.54) is 24.0 Å². The van der Waals surface area contributed by atoms with Gasteiger partial charge < -0.3 is 15.4 Å². The predicted molar refractivity (Wildman–Crippen MR) is 104 cm³/mol. The highest BCUT2D eigenvalue weighted by Gasteiger charge is 2.20. The van der Waals surface area contributed by atoms with Crippen molar-refractivity contribution < 1.29 is 4.74 Å². The van der Waals surface area contributed by atoms with Crippen LogP contribution in [-0.2, 0) is 17.8 Å². The van der Waals surface area contributed by atoms with E-state index in [4.69, 9.17) is 9.73 Å². The summed E-state index contributed by atoms with van der Waals surface area (Å²) in [7, 11) is 0. The summed E-state index contributed by atoms with van der Waals surface area (Å²) < 4.78 is 7.61. The molecule has 140 valence electrons. The topological polar surface area (TPSA) is 63.5 Å². The minimum Gasteiger partial charge on any atom is -0.379 e. The molecule has 1 aromatic heterocycles. The molecule has 1 heterocycles. The number of aromatic nitrogens is 2. The number of hydrogen-bond acceptors (Lipinski definition) is 3. The molecule has 26 heavy (non-hydrogen) atoms. The molecule has 0 unspecified atom stereocenters. The Labute approximate surface area is 155 Å². The average Bonchev–Trinajstić information content (AvgIpc) is 3.34. The Kier molecular flexibility index (Phi) is 7.07. The van der Waals surface area contributed by atoms with Gasteiger partial charge in [-0.15, -0.1) is 0 Å². The standard InChI is InChI=1S/C20H29N5O/c1-2-21-20(22-11-13-26-16-17-8-9-17)23-14-18-6-3-4-7-19(18)15-25-12-5-10-24-25/h3-7,10,12,17H,2,8-9,11,13-16H2,1H3,(H2,21,22,23). The van der Waals surface area contributed by atoms with E-state index < -0.39 is 0 Å². The van der Waals surface area contributed by atoms with Gasteiger partial charge in [-0.1, -0.05) is 24.3 Å². The third-order valence-corrected chi connectivity index (χ3v) is 4.35. The van der Waals surface area contributed by atoms with Crippen molar-refractivity contribution in [3.63, 3.8) is 0 Å². The van der Waals surface area contributed by atoms with Crippen molar-refractivity contribution in [2.24, 2.45) is 10.9 Å². The molecule has 0 amide bonds. The number of aliphatic imine (C=N–C) groups is 1. The lowest BCUT2D eigenvalue weighted by Crippen LogP contribution is -2.39. The van der Waals surface area contributed by atoms with Gasteiger partial charge in [0.05, 0.1) is 19.7 Å². The average molecular weight is 355 g/mol. The van der Waals surface area contributed by atoms with Gasteiger partial charge in [0.15, 0.2) is 5.96 Å². The van der Waals surface area contributed by atoms with Crippen LogP contribution in [0.25, 0.3) is 0 Å². The molecule has 2 N–H and O–H groups in total. The molecule has 1 aliphatic carbocycles. The van der Waals surface area contributed by atoms with Crippen LogP contribution in [0.15, 0.2) is 47.7 Å². The Bertz CT molecular complexity index is 679. The molecule has 6 heteroatoms. The summed E-state index contributed by atoms with van der Waals surface area (Å²) in [6.45, 7) is 6.70. The number of nitrogens with zero attached hydrogens (tertiary/aromatic N) is 3. The second-order valence-electron chi connectivity index (χ2n) is 6.61. The second-order valence-corrected chi connectivity index (χ2v) is 6.61. The molecule has 1 saturated carbocycles. The molecule has 1 fully saturated rings. The molecule has 0 saturated heterocycles. The van der Waals surface area contributed by atoms with Crippen molar-refractivity contribution in [3.8, 4) is 0 Å². The molecule has 0 bridgehead atoms. The van der Waals surface area contributed by atoms with E-state index in [0.717, 1.165) is 44.7 Å². The lowest BCUT2D eigenvalue weighted by Gasteiger charge is -2.13. The Morgan fingerprint density at radius 1 is 1.23 bits per heavy atom. The molecule has 2 aromatic rings. The second kappa shape index (κ2) is 9.97. The number of guanidine groups is 1. The maximum Gasteiger partial charge on any atom is 0.191 e. The van der Waals surface area contributed by atoms with Crippen LogP contribution in [0.5, 0.6) is 0 Å². The van der Waals surface area contributed by atoms with Gasteiger partial charge in [-0.05, 0) is 42.9 Å². The minimum absolute atomic E-state index is 0.635. The Balaban J connectivity index is 1.52. The number of rotatable bonds is 10. The summed E-state index contributed by atoms with van der Waals surface area (Å²) in [6.07, 6.45) is 6.44. The Hall–Kier alpha value is -2.34. The van der Waals surface area contributed by atoms with Gasteiger partial charge in [-0.25, -0.2) is 4.99 Å². The highest BCUT2D eigenvalue weighted by atomic mass is 16.5. The Morgan fingerprint density at radius 2 is 2.08 bits per heavy atom. The zero-order chi connectivity index (χ0) is 18.0. The van der Waals surface area contributed by atoms with E-state index in [-0.39, 0.29) is 0 Å². The quantitative estimate of drug-likeness (QED) is 0.390. The van der Waals surface area contributed by atoms with Crippen LogP contribution in [0.4, 0.5) is 0 Å². The first kappa shape index (κ1) is 18.5. The van der Waals surface area contributed by atoms with Crippen LogP contribution in [0.2, 0.25) is 0 Å². The van der Waals surface area contributed by atoms with Crippen molar-refractivity contribution in [2.45, 2.75) is 32.9 Å². The summed E-state index contributed by atoms with van der Waals surface area (Å²) in [6, 6.07) is 10.3. The summed E-state index contributed by atoms with van der Waals surface area (Å²) in [5.74, 6) is 1.64. The highest BCUT2D eigenvalue weighted by Crippen LogP contribution is 2.28. The molecule has 0 radical (unpaired) electrons. The van der Waals surface area contributed by atoms with Gasteiger partial charge in [0.1, 0.15) is 0 Å². The fraction of sp³-hybridized carbons (Fsp3) is 0.500. The third kappa shape index (κ3) is 6.19. The van der Waals surface area contributed by atoms with Crippen LogP contribution < -0.4 is 10.6 Å². The van der Waals surface area contributed by atoms with Gasteiger partial charge in [0, 0.05) is 32.1 Å². The van der Waals surface area contributed by atoms with Crippen molar-refractivity contribution in [2.75, 3.05) is 26.3 Å². The predicted octanol–water partition coefficient (Wildman–Crippen LogP) is 2.41. The molecular formula is C20H29N5O. The first-order valence-corrected chi connectivity index (χ1v) is 9.49. The van der Waals surface area contributed by atoms with E-state index in [0.29, 0.717) is 6.54 Å². The smallest absolute Gasteiger partial charge is 0.191 e. The zero-order valence-corrected chi connectivity index (χ0v) is 15.5. The van der Waals surface area contributed by atoms with Crippen LogP contribution in [0.1, 0.15) is 30.9 Å². The maximum absolute atomic E-state index is 5.67. The third-order valence-electron chi connectivity index (χ3n) is 4.35. The lowest BCUT2D eigenvalue weighted by atomic mass is 10.1. The number of hydrogen-bond donors (Lipinski definition) is 2. The normalized spacial score (nSPS) is 14.4. The summed E-state index contributed by atoms with van der Waals surface area (Å²) in [5.41, 5.74) is 2.45. The van der Waals surface area contributed by atoms with Crippen molar-refractivity contribution in [3.05, 3.63) is 53.9 Å². The van der Waals surface area contributed by atoms with Crippen molar-refractivity contribution in [1.82, 2.24) is 20.4 Å². The molecule has 0 aliphatic heterocycles. The molecule has 1 aliphatic rings. The van der Waals surface area contributed by atoms with E-state index >= 15 is 0 Å². The van der Waals surface area contributed by atoms with Gasteiger partial charge in [-0.2, -0.15) is 5.10 Å². The van der Waals surface area contributed by atoms with Gasteiger partial charge in [0.25, 0.3) is 0 Å². The summed E-state index contributed by atoms with van der Waals surface area (Å²) >= 11 is 0. The lowest BCUT2D eigenvalue weighted by molar-refractivity contribution is 0.129. The number of benzene rings is 1. The fourth-order valence-electron chi connectivity index (χ4n) is 2.72. The van der Waals surface area contributed by atoms with Gasteiger partial charge in [-0.3, -0.25) is 4.68 Å². The van der Waals surface area contributed by atoms with Crippen LogP contribution in [-0.4, -0.2) is 42.0 Å². The van der Waals surface area contributed by atoms with E-state index in [2.05, 4.69) is 46.9 Å². The first-order valence-electron chi connectivity index (χ1n) is 9.49. The molecular weight excluding hydrogens is 326 g/mol. The van der Waals surface area contributed by atoms with Crippen LogP contribution >= 0.6 is 0 Å². The zero-order valence-electron chi connectivity index (χ0n) is 15.5. The van der Waals surface area contributed by atoms with Crippen LogP contribution in [0.3, 0.4) is 0 Å². The first-order chi connectivity index (χ1) is 12.8. The Morgan fingerprint density at radius 3 is 2.81 bits per heavy atom. The molecule has 6 nitrogen and oxygen atoms in total. The molecule has 3 rings (SSSR count). The largest absolute Gasteiger partial charge is 0.379 e. The highest BCUT2D eigenvalue weighted by molar-refractivity contribution is 5.79. The minimum atomic E-state index is 0.635. The number of ether oxygens (including phenoxy) is 1. The van der Waals surface area contributed by atoms with Gasteiger partial charge >= 0.3 is 0 Å².